The van der Waals surface area contributed by atoms with Gasteiger partial charge in [-0.3, -0.25) is 14.9 Å². The molecular weight excluding hydrogens is 436 g/mol. The van der Waals surface area contributed by atoms with Gasteiger partial charge >= 0.3 is 12.0 Å². The van der Waals surface area contributed by atoms with E-state index in [0.29, 0.717) is 22.9 Å². The van der Waals surface area contributed by atoms with Gasteiger partial charge in [-0.05, 0) is 60.4 Å². The van der Waals surface area contributed by atoms with E-state index in [1.807, 2.05) is 12.1 Å². The van der Waals surface area contributed by atoms with Crippen LogP contribution in [0.2, 0.25) is 0 Å². The number of furan rings is 1. The third-order valence-corrected chi connectivity index (χ3v) is 5.74. The number of aromatic carboxylic acids is 1. The minimum atomic E-state index is -1.07. The van der Waals surface area contributed by atoms with E-state index in [0.717, 1.165) is 16.9 Å². The van der Waals surface area contributed by atoms with Crippen LogP contribution >= 0.6 is 0 Å². The highest BCUT2D eigenvalue weighted by Gasteiger charge is 2.37. The Hall–Kier alpha value is -4.46. The van der Waals surface area contributed by atoms with E-state index in [9.17, 15) is 24.3 Å². The molecule has 3 aromatic rings. The second-order valence-electron chi connectivity index (χ2n) is 7.95. The molecule has 0 unspecified atom stereocenters. The molecule has 1 fully saturated rings. The van der Waals surface area contributed by atoms with Crippen LogP contribution < -0.4 is 10.2 Å². The van der Waals surface area contributed by atoms with Crippen LogP contribution in [0, 0.1) is 0 Å². The van der Waals surface area contributed by atoms with Crippen molar-refractivity contribution in [1.82, 2.24) is 5.32 Å². The molecule has 4 rings (SSSR count). The van der Waals surface area contributed by atoms with Crippen molar-refractivity contribution in [3.63, 3.8) is 0 Å². The predicted molar refractivity (Wildman–Crippen MR) is 125 cm³/mol. The molecule has 34 heavy (non-hydrogen) atoms. The number of hydrogen-bond acceptors (Lipinski definition) is 5. The standard InChI is InChI=1S/C26H22N2O6/c1-3-15(2)16-7-9-19(10-8-16)28-24(30)21(23(29)27-26(28)33)14-20-11-12-22(34-20)17-5-4-6-18(13-17)25(31)32/h4-15H,3H2,1-2H3,(H,31,32)(H,27,29,33)/b21-14-/t15-/m1/s1. The van der Waals surface area contributed by atoms with Gasteiger partial charge in [0.25, 0.3) is 11.8 Å². The molecule has 1 aliphatic rings. The molecule has 1 saturated heterocycles. The Morgan fingerprint density at radius 2 is 1.82 bits per heavy atom. The molecule has 4 amide bonds. The third kappa shape index (κ3) is 4.38. The zero-order valence-electron chi connectivity index (χ0n) is 18.6. The van der Waals surface area contributed by atoms with Crippen LogP contribution in [0.15, 0.2) is 70.7 Å². The van der Waals surface area contributed by atoms with Gasteiger partial charge in [0, 0.05) is 5.56 Å². The molecule has 1 aliphatic heterocycles. The predicted octanol–water partition coefficient (Wildman–Crippen LogP) is 4.82. The van der Waals surface area contributed by atoms with Gasteiger partial charge in [0.2, 0.25) is 0 Å². The van der Waals surface area contributed by atoms with Crippen molar-refractivity contribution in [2.45, 2.75) is 26.2 Å². The minimum Gasteiger partial charge on any atom is -0.478 e. The number of nitrogens with one attached hydrogen (secondary N) is 1. The summed E-state index contributed by atoms with van der Waals surface area (Å²) in [7, 11) is 0. The fourth-order valence-electron chi connectivity index (χ4n) is 3.61. The van der Waals surface area contributed by atoms with Gasteiger partial charge in [-0.15, -0.1) is 0 Å². The number of carbonyl (C=O) groups excluding carboxylic acids is 3. The molecule has 1 aromatic heterocycles. The zero-order valence-corrected chi connectivity index (χ0v) is 18.6. The van der Waals surface area contributed by atoms with Crippen molar-refractivity contribution in [1.29, 1.82) is 0 Å². The Bertz CT molecular complexity index is 1320. The first kappa shape index (κ1) is 22.7. The molecule has 0 radical (unpaired) electrons. The number of carboxylic acids is 1. The van der Waals surface area contributed by atoms with E-state index in [4.69, 9.17) is 4.42 Å². The number of benzene rings is 2. The third-order valence-electron chi connectivity index (χ3n) is 5.74. The Labute approximate surface area is 195 Å². The molecule has 0 aliphatic carbocycles. The average molecular weight is 458 g/mol. The van der Waals surface area contributed by atoms with Crippen LogP contribution in [0.3, 0.4) is 0 Å². The van der Waals surface area contributed by atoms with E-state index in [1.165, 1.54) is 18.2 Å². The number of carbonyl (C=O) groups is 4. The second kappa shape index (κ2) is 9.19. The summed E-state index contributed by atoms with van der Waals surface area (Å²) >= 11 is 0. The highest BCUT2D eigenvalue weighted by Crippen LogP contribution is 2.28. The van der Waals surface area contributed by atoms with Crippen molar-refractivity contribution < 1.29 is 28.7 Å². The fourth-order valence-corrected chi connectivity index (χ4v) is 3.61. The van der Waals surface area contributed by atoms with E-state index >= 15 is 0 Å². The summed E-state index contributed by atoms with van der Waals surface area (Å²) in [4.78, 5) is 50.1. The molecule has 8 heteroatoms. The van der Waals surface area contributed by atoms with Gasteiger partial charge in [0.1, 0.15) is 17.1 Å². The summed E-state index contributed by atoms with van der Waals surface area (Å²) in [5, 5.41) is 11.4. The monoisotopic (exact) mass is 458 g/mol. The highest BCUT2D eigenvalue weighted by atomic mass is 16.4. The number of amides is 4. The molecule has 0 saturated carbocycles. The summed E-state index contributed by atoms with van der Waals surface area (Å²) in [5.41, 5.74) is 1.80. The van der Waals surface area contributed by atoms with Crippen molar-refractivity contribution in [2.24, 2.45) is 0 Å². The van der Waals surface area contributed by atoms with Gasteiger partial charge in [0.05, 0.1) is 11.3 Å². The number of hydrogen-bond donors (Lipinski definition) is 2. The van der Waals surface area contributed by atoms with E-state index in [2.05, 4.69) is 19.2 Å². The number of barbiturate groups is 1. The molecule has 8 nitrogen and oxygen atoms in total. The number of imide groups is 2. The molecule has 2 N–H and O–H groups in total. The maximum atomic E-state index is 13.1. The quantitative estimate of drug-likeness (QED) is 0.404. The van der Waals surface area contributed by atoms with Crippen LogP contribution in [-0.2, 0) is 9.59 Å². The maximum Gasteiger partial charge on any atom is 0.335 e. The number of rotatable bonds is 6. The SMILES string of the molecule is CC[C@@H](C)c1ccc(N2C(=O)NC(=O)/C(=C/c3ccc(-c4cccc(C(=O)O)c4)o3)C2=O)cc1. The van der Waals surface area contributed by atoms with E-state index in [1.54, 1.807) is 36.4 Å². The average Bonchev–Trinajstić information content (AvgIpc) is 3.30. The van der Waals surface area contributed by atoms with Crippen LogP contribution in [0.25, 0.3) is 17.4 Å². The second-order valence-corrected chi connectivity index (χ2v) is 7.95. The first-order valence-corrected chi connectivity index (χ1v) is 10.7. The lowest BCUT2D eigenvalue weighted by Gasteiger charge is -2.26. The van der Waals surface area contributed by atoms with Crippen molar-refractivity contribution >= 4 is 35.6 Å². The van der Waals surface area contributed by atoms with Crippen molar-refractivity contribution in [3.8, 4) is 11.3 Å². The summed E-state index contributed by atoms with van der Waals surface area (Å²) < 4.78 is 5.72. The molecule has 0 bridgehead atoms. The summed E-state index contributed by atoms with van der Waals surface area (Å²) in [6.45, 7) is 4.16. The normalized spacial score (nSPS) is 16.0. The van der Waals surface area contributed by atoms with Crippen LogP contribution in [0.5, 0.6) is 0 Å². The van der Waals surface area contributed by atoms with E-state index in [-0.39, 0.29) is 16.9 Å². The van der Waals surface area contributed by atoms with Gasteiger partial charge < -0.3 is 9.52 Å². The molecule has 2 heterocycles. The zero-order chi connectivity index (χ0) is 24.4. The first-order valence-electron chi connectivity index (χ1n) is 10.7. The van der Waals surface area contributed by atoms with Gasteiger partial charge in [-0.2, -0.15) is 0 Å². The number of urea groups is 1. The van der Waals surface area contributed by atoms with Gasteiger partial charge in [-0.25, -0.2) is 14.5 Å². The number of carboxylic acid groups (broad SMARTS) is 1. The van der Waals surface area contributed by atoms with Gasteiger partial charge in [0.15, 0.2) is 0 Å². The Kier molecular flexibility index (Phi) is 6.14. The topological polar surface area (TPSA) is 117 Å². The molecule has 2 aromatic carbocycles. The maximum absolute atomic E-state index is 13.1. The molecular formula is C26H22N2O6. The van der Waals surface area contributed by atoms with Crippen LogP contribution in [0.1, 0.15) is 47.9 Å². The largest absolute Gasteiger partial charge is 0.478 e. The Morgan fingerprint density at radius 3 is 2.50 bits per heavy atom. The molecule has 1 atom stereocenters. The lowest BCUT2D eigenvalue weighted by molar-refractivity contribution is -0.122. The van der Waals surface area contributed by atoms with Crippen LogP contribution in [-0.4, -0.2) is 28.9 Å². The fraction of sp³-hybridized carbons (Fsp3) is 0.154. The molecule has 172 valence electrons. The minimum absolute atomic E-state index is 0.101. The van der Waals surface area contributed by atoms with Gasteiger partial charge in [-0.1, -0.05) is 38.1 Å². The van der Waals surface area contributed by atoms with Crippen LogP contribution in [0.4, 0.5) is 10.5 Å². The lowest BCUT2D eigenvalue weighted by atomic mass is 9.98. The Balaban J connectivity index is 1.63. The summed E-state index contributed by atoms with van der Waals surface area (Å²) in [5.74, 6) is -1.75. The lowest BCUT2D eigenvalue weighted by Crippen LogP contribution is -2.54. The summed E-state index contributed by atoms with van der Waals surface area (Å²) in [6.07, 6.45) is 2.21. The summed E-state index contributed by atoms with van der Waals surface area (Å²) in [6, 6.07) is 15.6. The Morgan fingerprint density at radius 1 is 1.09 bits per heavy atom. The first-order chi connectivity index (χ1) is 16.3. The van der Waals surface area contributed by atoms with Crippen molar-refractivity contribution in [3.05, 3.63) is 83.1 Å². The number of nitrogens with zero attached hydrogens (tertiary/aromatic N) is 1. The molecule has 0 spiro atoms. The number of anilines is 1. The van der Waals surface area contributed by atoms with E-state index < -0.39 is 23.8 Å². The highest BCUT2D eigenvalue weighted by molar-refractivity contribution is 6.39. The smallest absolute Gasteiger partial charge is 0.335 e. The van der Waals surface area contributed by atoms with Crippen molar-refractivity contribution in [2.75, 3.05) is 4.90 Å².